The molecule has 0 saturated carbocycles. The summed E-state index contributed by atoms with van der Waals surface area (Å²) >= 11 is 0. The molecule has 1 aromatic carbocycles. The third-order valence-electron chi connectivity index (χ3n) is 6.31. The number of carbonyl (C=O) groups is 2. The third kappa shape index (κ3) is 2.95. The van der Waals surface area contributed by atoms with Crippen molar-refractivity contribution in [2.45, 2.75) is 44.7 Å². The quantitative estimate of drug-likeness (QED) is 0.907. The first-order valence-corrected chi connectivity index (χ1v) is 9.39. The first-order chi connectivity index (χ1) is 12.0. The van der Waals surface area contributed by atoms with Gasteiger partial charge in [-0.15, -0.1) is 0 Å². The van der Waals surface area contributed by atoms with Crippen molar-refractivity contribution in [1.29, 1.82) is 0 Å². The minimum atomic E-state index is -0.145. The lowest BCUT2D eigenvalue weighted by Crippen LogP contribution is -2.61. The van der Waals surface area contributed by atoms with Crippen LogP contribution in [0.15, 0.2) is 24.3 Å². The summed E-state index contributed by atoms with van der Waals surface area (Å²) in [6.07, 6.45) is 2.37. The molecule has 25 heavy (non-hydrogen) atoms. The Balaban J connectivity index is 1.62. The van der Waals surface area contributed by atoms with Crippen LogP contribution < -0.4 is 5.32 Å². The number of hydrogen-bond acceptors (Lipinski definition) is 3. The molecular weight excluding hydrogens is 314 g/mol. The number of benzene rings is 1. The van der Waals surface area contributed by atoms with Crippen LogP contribution in [0.1, 0.15) is 36.8 Å². The SMILES string of the molecule is CC(=O)NCC(=O)N1C[C@H](c2ccc(C)cc2)[C@@H]2[C@H]1C1CCN2CC1. The van der Waals surface area contributed by atoms with Crippen molar-refractivity contribution in [3.05, 3.63) is 35.4 Å². The van der Waals surface area contributed by atoms with E-state index in [1.54, 1.807) is 0 Å². The minimum Gasteiger partial charge on any atom is -0.347 e. The second-order valence-electron chi connectivity index (χ2n) is 7.83. The van der Waals surface area contributed by atoms with Gasteiger partial charge >= 0.3 is 0 Å². The summed E-state index contributed by atoms with van der Waals surface area (Å²) in [5, 5.41) is 2.68. The Bertz CT molecular complexity index is 664. The van der Waals surface area contributed by atoms with Gasteiger partial charge in [0.25, 0.3) is 0 Å². The minimum absolute atomic E-state index is 0.0635. The van der Waals surface area contributed by atoms with Crippen LogP contribution in [-0.2, 0) is 9.59 Å². The van der Waals surface area contributed by atoms with Gasteiger partial charge in [-0.25, -0.2) is 0 Å². The molecule has 134 valence electrons. The summed E-state index contributed by atoms with van der Waals surface area (Å²) in [5.41, 5.74) is 2.60. The zero-order valence-corrected chi connectivity index (χ0v) is 15.1. The Labute approximate surface area is 149 Å². The van der Waals surface area contributed by atoms with Gasteiger partial charge in [0.2, 0.25) is 11.8 Å². The number of hydrogen-bond donors (Lipinski definition) is 1. The molecule has 0 unspecified atom stereocenters. The van der Waals surface area contributed by atoms with E-state index in [2.05, 4.69) is 46.3 Å². The van der Waals surface area contributed by atoms with Gasteiger partial charge in [0.05, 0.1) is 12.6 Å². The maximum atomic E-state index is 12.8. The van der Waals surface area contributed by atoms with Crippen molar-refractivity contribution >= 4 is 11.8 Å². The molecule has 4 aliphatic heterocycles. The van der Waals surface area contributed by atoms with Gasteiger partial charge in [-0.2, -0.15) is 0 Å². The predicted octanol–water partition coefficient (Wildman–Crippen LogP) is 1.52. The molecule has 4 fully saturated rings. The van der Waals surface area contributed by atoms with Gasteiger partial charge < -0.3 is 10.2 Å². The van der Waals surface area contributed by atoms with Crippen molar-refractivity contribution < 1.29 is 9.59 Å². The Hall–Kier alpha value is -1.88. The molecule has 3 atom stereocenters. The molecule has 0 aromatic heterocycles. The van der Waals surface area contributed by atoms with Crippen LogP contribution in [0.2, 0.25) is 0 Å². The molecule has 5 heteroatoms. The highest BCUT2D eigenvalue weighted by molar-refractivity contribution is 5.84. The van der Waals surface area contributed by atoms with Crippen LogP contribution in [0, 0.1) is 12.8 Å². The van der Waals surface area contributed by atoms with E-state index >= 15 is 0 Å². The molecule has 0 aliphatic carbocycles. The first kappa shape index (κ1) is 16.6. The standard InChI is InChI=1S/C20H27N3O2/c1-13-3-5-15(6-4-13)17-12-23(18(25)11-21-14(2)24)19-16-7-9-22(10-8-16)20(17)19/h3-6,16-17,19-20H,7-12H2,1-2H3,(H,21,24)/t17-,19-,20-/m1/s1. The summed E-state index contributed by atoms with van der Waals surface area (Å²) in [4.78, 5) is 28.7. The van der Waals surface area contributed by atoms with E-state index in [-0.39, 0.29) is 18.4 Å². The highest BCUT2D eigenvalue weighted by Crippen LogP contribution is 2.46. The van der Waals surface area contributed by atoms with Gasteiger partial charge in [-0.1, -0.05) is 29.8 Å². The molecule has 2 amide bonds. The second kappa shape index (κ2) is 6.45. The number of nitrogens with zero attached hydrogens (tertiary/aromatic N) is 2. The number of piperidine rings is 3. The van der Waals surface area contributed by atoms with E-state index in [9.17, 15) is 9.59 Å². The van der Waals surface area contributed by atoms with Crippen molar-refractivity contribution in [2.75, 3.05) is 26.2 Å². The maximum Gasteiger partial charge on any atom is 0.242 e. The van der Waals surface area contributed by atoms with Gasteiger partial charge in [0.1, 0.15) is 0 Å². The molecule has 2 bridgehead atoms. The van der Waals surface area contributed by atoms with Gasteiger partial charge in [-0.3, -0.25) is 14.5 Å². The van der Waals surface area contributed by atoms with Crippen molar-refractivity contribution in [2.24, 2.45) is 5.92 Å². The summed E-state index contributed by atoms with van der Waals surface area (Å²) in [6, 6.07) is 9.52. The summed E-state index contributed by atoms with van der Waals surface area (Å²) in [6.45, 7) is 6.76. The fraction of sp³-hybridized carbons (Fsp3) is 0.600. The van der Waals surface area contributed by atoms with Crippen molar-refractivity contribution in [3.63, 3.8) is 0 Å². The summed E-state index contributed by atoms with van der Waals surface area (Å²) in [5.74, 6) is 0.892. The zero-order chi connectivity index (χ0) is 17.6. The lowest BCUT2D eigenvalue weighted by molar-refractivity contribution is -0.136. The summed E-state index contributed by atoms with van der Waals surface area (Å²) < 4.78 is 0. The van der Waals surface area contributed by atoms with E-state index in [0.29, 0.717) is 23.9 Å². The fourth-order valence-electron chi connectivity index (χ4n) is 5.11. The molecule has 0 radical (unpaired) electrons. The van der Waals surface area contributed by atoms with Gasteiger partial charge in [-0.05, 0) is 44.3 Å². The number of likely N-dealkylation sites (tertiary alicyclic amines) is 1. The average molecular weight is 341 g/mol. The topological polar surface area (TPSA) is 52.7 Å². The third-order valence-corrected chi connectivity index (χ3v) is 6.31. The molecule has 4 heterocycles. The van der Waals surface area contributed by atoms with E-state index < -0.39 is 0 Å². The Morgan fingerprint density at radius 1 is 1.12 bits per heavy atom. The molecule has 1 N–H and O–H groups in total. The Kier molecular flexibility index (Phi) is 4.28. The number of amides is 2. The average Bonchev–Trinajstić information content (AvgIpc) is 3.04. The molecule has 0 spiro atoms. The van der Waals surface area contributed by atoms with Crippen LogP contribution in [0.3, 0.4) is 0 Å². The highest BCUT2D eigenvalue weighted by Gasteiger charge is 2.54. The highest BCUT2D eigenvalue weighted by atomic mass is 16.2. The smallest absolute Gasteiger partial charge is 0.242 e. The fourth-order valence-corrected chi connectivity index (χ4v) is 5.11. The second-order valence-corrected chi connectivity index (χ2v) is 7.83. The van der Waals surface area contributed by atoms with Crippen LogP contribution in [0.5, 0.6) is 0 Å². The van der Waals surface area contributed by atoms with E-state index in [4.69, 9.17) is 0 Å². The monoisotopic (exact) mass is 341 g/mol. The predicted molar refractivity (Wildman–Crippen MR) is 96.2 cm³/mol. The molecule has 5 rings (SSSR count). The zero-order valence-electron chi connectivity index (χ0n) is 15.1. The van der Waals surface area contributed by atoms with Crippen LogP contribution in [-0.4, -0.2) is 59.9 Å². The lowest BCUT2D eigenvalue weighted by Gasteiger charge is -2.51. The first-order valence-electron chi connectivity index (χ1n) is 9.39. The number of aryl methyl sites for hydroxylation is 1. The van der Waals surface area contributed by atoms with Crippen LogP contribution >= 0.6 is 0 Å². The Morgan fingerprint density at radius 2 is 1.80 bits per heavy atom. The number of carbonyl (C=O) groups excluding carboxylic acids is 2. The van der Waals surface area contributed by atoms with E-state index in [1.807, 2.05) is 0 Å². The molecule has 4 saturated heterocycles. The van der Waals surface area contributed by atoms with E-state index in [0.717, 1.165) is 19.6 Å². The molecular formula is C20H27N3O2. The Morgan fingerprint density at radius 3 is 2.44 bits per heavy atom. The maximum absolute atomic E-state index is 12.8. The van der Waals surface area contributed by atoms with Gasteiger partial charge in [0.15, 0.2) is 0 Å². The van der Waals surface area contributed by atoms with Crippen molar-refractivity contribution in [1.82, 2.24) is 15.1 Å². The molecule has 4 aliphatic rings. The van der Waals surface area contributed by atoms with Crippen molar-refractivity contribution in [3.8, 4) is 0 Å². The largest absolute Gasteiger partial charge is 0.347 e. The summed E-state index contributed by atoms with van der Waals surface area (Å²) in [7, 11) is 0. The number of nitrogens with one attached hydrogen (secondary N) is 1. The normalized spacial score (nSPS) is 33.2. The molecule has 1 aromatic rings. The lowest BCUT2D eigenvalue weighted by atomic mass is 9.75. The molecule has 5 nitrogen and oxygen atoms in total. The van der Waals surface area contributed by atoms with E-state index in [1.165, 1.54) is 30.9 Å². The number of fused-ring (bicyclic) bond motifs is 2. The number of rotatable bonds is 3. The van der Waals surface area contributed by atoms with Crippen LogP contribution in [0.4, 0.5) is 0 Å². The van der Waals surface area contributed by atoms with Gasteiger partial charge in [0, 0.05) is 25.4 Å². The van der Waals surface area contributed by atoms with Crippen LogP contribution in [0.25, 0.3) is 0 Å².